The number of aromatic amines is 2. The number of carboxylic acid groups (broad SMARTS) is 1. The van der Waals surface area contributed by atoms with E-state index < -0.39 is 30.1 Å². The largest absolute Gasteiger partial charge is 0.465 e. The van der Waals surface area contributed by atoms with E-state index in [0.717, 1.165) is 34.6 Å². The van der Waals surface area contributed by atoms with Crippen molar-refractivity contribution in [1.82, 2.24) is 40.0 Å². The molecule has 4 heterocycles. The number of hydrogen-bond donors (Lipinski definition) is 4. The Balaban J connectivity index is 1.03. The molecule has 0 saturated carbocycles. The molecule has 2 aromatic heterocycles. The molecule has 14 nitrogen and oxygen atoms in total. The first-order chi connectivity index (χ1) is 27.0. The van der Waals surface area contributed by atoms with Gasteiger partial charge in [-0.25, -0.2) is 23.9 Å². The number of H-pyrrole nitrogens is 2. The van der Waals surface area contributed by atoms with Crippen molar-refractivity contribution in [3.63, 3.8) is 0 Å². The number of imidazole rings is 2. The van der Waals surface area contributed by atoms with Gasteiger partial charge < -0.3 is 34.9 Å². The molecule has 2 saturated heterocycles. The molecule has 0 aliphatic carbocycles. The summed E-state index contributed by atoms with van der Waals surface area (Å²) < 4.78 is 20.3. The third-order valence-corrected chi connectivity index (χ3v) is 10.6. The lowest BCUT2D eigenvalue weighted by Gasteiger charge is -2.32. The number of benzene rings is 3. The first-order valence-corrected chi connectivity index (χ1v) is 18.5. The molecule has 4 N–H and O–H groups in total. The zero-order chi connectivity index (χ0) is 39.5. The van der Waals surface area contributed by atoms with Crippen LogP contribution in [0.15, 0.2) is 85.2 Å². The Labute approximate surface area is 322 Å². The van der Waals surface area contributed by atoms with Crippen LogP contribution >= 0.6 is 0 Å². The highest BCUT2D eigenvalue weighted by atomic mass is 19.1. The number of carbonyl (C=O) groups excluding carboxylic acids is 3. The Morgan fingerprint density at radius 1 is 0.839 bits per heavy atom. The van der Waals surface area contributed by atoms with Crippen LogP contribution < -0.4 is 5.32 Å². The molecule has 56 heavy (non-hydrogen) atoms. The average Bonchev–Trinajstić information content (AvgIpc) is 4.05. The second-order valence-corrected chi connectivity index (χ2v) is 14.1. The molecule has 2 fully saturated rings. The van der Waals surface area contributed by atoms with Crippen molar-refractivity contribution in [2.45, 2.75) is 56.8 Å². The fourth-order valence-electron chi connectivity index (χ4n) is 7.66. The highest BCUT2D eigenvalue weighted by molar-refractivity contribution is 5.87. The number of nitrogens with one attached hydrogen (secondary N) is 3. The maximum absolute atomic E-state index is 15.6. The van der Waals surface area contributed by atoms with Crippen molar-refractivity contribution in [3.05, 3.63) is 108 Å². The van der Waals surface area contributed by atoms with Crippen molar-refractivity contribution in [2.24, 2.45) is 0 Å². The highest BCUT2D eigenvalue weighted by Gasteiger charge is 2.39. The maximum atomic E-state index is 15.6. The van der Waals surface area contributed by atoms with Gasteiger partial charge in [-0.3, -0.25) is 14.5 Å². The van der Waals surface area contributed by atoms with Gasteiger partial charge in [0, 0.05) is 25.7 Å². The monoisotopic (exact) mass is 762 g/mol. The third kappa shape index (κ3) is 7.56. The molecule has 4 atom stereocenters. The van der Waals surface area contributed by atoms with Gasteiger partial charge in [0.2, 0.25) is 5.91 Å². The number of rotatable bonds is 10. The Morgan fingerprint density at radius 2 is 1.41 bits per heavy atom. The number of aromatic nitrogens is 4. The van der Waals surface area contributed by atoms with Gasteiger partial charge in [-0.05, 0) is 67.0 Å². The van der Waals surface area contributed by atoms with Crippen molar-refractivity contribution in [1.29, 1.82) is 0 Å². The van der Waals surface area contributed by atoms with Gasteiger partial charge in [-0.2, -0.15) is 0 Å². The van der Waals surface area contributed by atoms with Crippen molar-refractivity contribution < 1.29 is 33.4 Å². The summed E-state index contributed by atoms with van der Waals surface area (Å²) in [5.41, 5.74) is 4.52. The lowest BCUT2D eigenvalue weighted by atomic mass is 10.0. The lowest BCUT2D eigenvalue weighted by Crippen LogP contribution is -2.46. The first-order valence-electron chi connectivity index (χ1n) is 18.5. The lowest BCUT2D eigenvalue weighted by molar-refractivity contribution is -0.137. The molecule has 0 spiro atoms. The summed E-state index contributed by atoms with van der Waals surface area (Å²) >= 11 is 0. The Kier molecular flexibility index (Phi) is 10.8. The van der Waals surface area contributed by atoms with Crippen LogP contribution in [0, 0.1) is 5.82 Å². The molecule has 4 amide bonds. The molecular weight excluding hydrogens is 719 g/mol. The Morgan fingerprint density at radius 3 is 2.02 bits per heavy atom. The van der Waals surface area contributed by atoms with Crippen LogP contribution in [0.25, 0.3) is 33.6 Å². The Hall–Kier alpha value is -6.51. The molecule has 15 heteroatoms. The van der Waals surface area contributed by atoms with Crippen LogP contribution in [-0.2, 0) is 14.3 Å². The first kappa shape index (κ1) is 37.8. The van der Waals surface area contributed by atoms with Crippen molar-refractivity contribution in [2.75, 3.05) is 27.2 Å². The van der Waals surface area contributed by atoms with Gasteiger partial charge in [-0.15, -0.1) is 0 Å². The summed E-state index contributed by atoms with van der Waals surface area (Å²) in [5.74, 6) is 0.182. The van der Waals surface area contributed by atoms with E-state index in [0.29, 0.717) is 60.0 Å². The summed E-state index contributed by atoms with van der Waals surface area (Å²) in [6.07, 6.45) is 4.30. The third-order valence-electron chi connectivity index (χ3n) is 10.6. The summed E-state index contributed by atoms with van der Waals surface area (Å²) in [4.78, 5) is 70.7. The molecule has 0 unspecified atom stereocenters. The number of amides is 4. The second kappa shape index (κ2) is 16.1. The zero-order valence-electron chi connectivity index (χ0n) is 31.2. The van der Waals surface area contributed by atoms with E-state index in [9.17, 15) is 24.3 Å². The number of nitrogens with zero attached hydrogens (tertiary/aromatic N) is 5. The van der Waals surface area contributed by atoms with Crippen molar-refractivity contribution >= 4 is 24.0 Å². The quantitative estimate of drug-likeness (QED) is 0.122. The predicted molar refractivity (Wildman–Crippen MR) is 204 cm³/mol. The SMILES string of the molecule is COC(=O)N[C@@H](C)C(=O)N1CCC[C@H]1c1ncc(-c2ccc(-c3ccc(-c4cnc([C@@H]5CCCN5C(=O)[C@@H](c5ccccc5)N(C)C(=O)O)[nH]4)cc3)cc2F)[nH]1. The molecule has 2 aliphatic rings. The van der Waals surface area contributed by atoms with E-state index in [2.05, 4.69) is 30.0 Å². The van der Waals surface area contributed by atoms with E-state index in [-0.39, 0.29) is 23.9 Å². The van der Waals surface area contributed by atoms with Gasteiger partial charge >= 0.3 is 12.2 Å². The zero-order valence-corrected chi connectivity index (χ0v) is 31.2. The molecule has 5 aromatic rings. The number of likely N-dealkylation sites (N-methyl/N-ethyl adjacent to an activating group) is 1. The van der Waals surface area contributed by atoms with E-state index in [1.54, 1.807) is 59.4 Å². The number of hydrogen-bond acceptors (Lipinski definition) is 7. The van der Waals surface area contributed by atoms with Crippen LogP contribution in [0.2, 0.25) is 0 Å². The van der Waals surface area contributed by atoms with E-state index in [1.165, 1.54) is 20.2 Å². The molecule has 2 aliphatic heterocycles. The number of alkyl carbamates (subject to hydrolysis) is 1. The van der Waals surface area contributed by atoms with Gasteiger partial charge in [-0.1, -0.05) is 60.7 Å². The van der Waals surface area contributed by atoms with Gasteiger partial charge in [0.1, 0.15) is 29.5 Å². The minimum Gasteiger partial charge on any atom is -0.465 e. The summed E-state index contributed by atoms with van der Waals surface area (Å²) in [6.45, 7) is 2.60. The number of ether oxygens (including phenoxy) is 1. The summed E-state index contributed by atoms with van der Waals surface area (Å²) in [5, 5.41) is 12.3. The average molecular weight is 763 g/mol. The predicted octanol–water partition coefficient (Wildman–Crippen LogP) is 6.70. The fraction of sp³-hybridized carbons (Fsp3) is 0.317. The van der Waals surface area contributed by atoms with Crippen LogP contribution in [0.4, 0.5) is 14.0 Å². The molecule has 290 valence electrons. The molecule has 7 rings (SSSR count). The number of likely N-dealkylation sites (tertiary alicyclic amines) is 2. The minimum absolute atomic E-state index is 0.252. The molecule has 3 aromatic carbocycles. The van der Waals surface area contributed by atoms with E-state index in [4.69, 9.17) is 0 Å². The van der Waals surface area contributed by atoms with Crippen LogP contribution in [0.1, 0.15) is 67.9 Å². The Bertz CT molecular complexity index is 2220. The van der Waals surface area contributed by atoms with Crippen LogP contribution in [0.3, 0.4) is 0 Å². The highest BCUT2D eigenvalue weighted by Crippen LogP contribution is 2.37. The van der Waals surface area contributed by atoms with Gasteiger partial charge in [0.15, 0.2) is 0 Å². The van der Waals surface area contributed by atoms with Gasteiger partial charge in [0.05, 0.1) is 43.0 Å². The normalized spacial score (nSPS) is 17.7. The smallest absolute Gasteiger partial charge is 0.407 e. The van der Waals surface area contributed by atoms with E-state index in [1.807, 2.05) is 36.4 Å². The topological polar surface area (TPSA) is 177 Å². The second-order valence-electron chi connectivity index (χ2n) is 14.1. The summed E-state index contributed by atoms with van der Waals surface area (Å²) in [6, 6.07) is 19.1. The van der Waals surface area contributed by atoms with Crippen LogP contribution in [-0.4, -0.2) is 97.0 Å². The van der Waals surface area contributed by atoms with E-state index >= 15 is 4.39 Å². The fourth-order valence-corrected chi connectivity index (χ4v) is 7.66. The minimum atomic E-state index is -1.19. The molecule has 0 radical (unpaired) electrons. The standard InChI is InChI=1S/C41H43FN8O6/c1-24(45-40(53)56-3)38(51)49-19-7-11-33(49)37-44-23-32(47-37)29-18-17-28(21-30(29)42)25-13-15-26(16-14-25)31-22-43-36(46-31)34-12-8-20-50(34)39(52)35(48(2)41(54)55)27-9-5-4-6-10-27/h4-6,9-10,13-18,21-24,33-35H,7-8,11-12,19-20H2,1-3H3,(H,43,46)(H,44,47)(H,45,53)(H,54,55)/t24-,33-,34-,35+/m0/s1. The molecular formula is C41H43FN8O6. The van der Waals surface area contributed by atoms with Crippen LogP contribution in [0.5, 0.6) is 0 Å². The van der Waals surface area contributed by atoms with Gasteiger partial charge in [0.25, 0.3) is 5.91 Å². The number of halogens is 1. The number of carbonyl (C=O) groups is 4. The number of methoxy groups -OCH3 is 1. The van der Waals surface area contributed by atoms with Crippen molar-refractivity contribution in [3.8, 4) is 33.6 Å². The maximum Gasteiger partial charge on any atom is 0.407 e. The molecule has 0 bridgehead atoms. The summed E-state index contributed by atoms with van der Waals surface area (Å²) in [7, 11) is 2.64.